The molecule has 1 aliphatic rings. The van der Waals surface area contributed by atoms with Gasteiger partial charge in [-0.3, -0.25) is 0 Å². The standard InChI is InChI=1S/C39H69BrO2/c1-3-5-7-9-11-13-15-17-19-21-23-25-27-29-31-33-35-39(41-37-38(36-40)42-39)34-32-30-28-26-24-22-20-18-16-14-12-10-8-6-4-2/h11-14,17-20,38H,3-10,15-16,21-37H2,1-2H3/b13-11-,14-12-,19-17-,20-18-. The highest BCUT2D eigenvalue weighted by Gasteiger charge is 2.39. The summed E-state index contributed by atoms with van der Waals surface area (Å²) in [5.41, 5.74) is 0. The second-order valence-electron chi connectivity index (χ2n) is 12.4. The first kappa shape index (κ1) is 39.4. The lowest BCUT2D eigenvalue weighted by Gasteiger charge is -2.28. The van der Waals surface area contributed by atoms with Gasteiger partial charge in [0.15, 0.2) is 5.79 Å². The van der Waals surface area contributed by atoms with Gasteiger partial charge in [0.05, 0.1) is 12.7 Å². The van der Waals surface area contributed by atoms with Crippen LogP contribution in [0.5, 0.6) is 0 Å². The molecular weight excluding hydrogens is 580 g/mol. The maximum Gasteiger partial charge on any atom is 0.168 e. The van der Waals surface area contributed by atoms with Gasteiger partial charge in [0.2, 0.25) is 0 Å². The molecule has 244 valence electrons. The summed E-state index contributed by atoms with van der Waals surface area (Å²) in [6.45, 7) is 5.28. The summed E-state index contributed by atoms with van der Waals surface area (Å²) in [5, 5.41) is 0.876. The Balaban J connectivity index is 2.05. The molecule has 1 rings (SSSR count). The summed E-state index contributed by atoms with van der Waals surface area (Å²) >= 11 is 3.61. The second kappa shape index (κ2) is 30.4. The van der Waals surface area contributed by atoms with Crippen molar-refractivity contribution < 1.29 is 9.47 Å². The van der Waals surface area contributed by atoms with Crippen LogP contribution in [0.2, 0.25) is 0 Å². The SMILES string of the molecule is CCCCC/C=C\C/C=C\CCCCCCCCC1(CCCCCCC/C=C\C/C=C\CCCCC)OCC(CBr)O1. The number of hydrogen-bond donors (Lipinski definition) is 0. The van der Waals surface area contributed by atoms with E-state index in [4.69, 9.17) is 9.47 Å². The van der Waals surface area contributed by atoms with E-state index in [1.165, 1.54) is 135 Å². The zero-order valence-electron chi connectivity index (χ0n) is 28.0. The van der Waals surface area contributed by atoms with E-state index < -0.39 is 0 Å². The van der Waals surface area contributed by atoms with Crippen LogP contribution in [0.1, 0.15) is 174 Å². The van der Waals surface area contributed by atoms with Gasteiger partial charge < -0.3 is 9.47 Å². The van der Waals surface area contributed by atoms with Crippen molar-refractivity contribution >= 4 is 15.9 Å². The van der Waals surface area contributed by atoms with E-state index in [-0.39, 0.29) is 11.9 Å². The average molecular weight is 650 g/mol. The van der Waals surface area contributed by atoms with E-state index >= 15 is 0 Å². The third kappa shape index (κ3) is 23.8. The lowest BCUT2D eigenvalue weighted by Crippen LogP contribution is -2.31. The Bertz CT molecular complexity index is 682. The maximum atomic E-state index is 6.45. The zero-order valence-corrected chi connectivity index (χ0v) is 29.6. The van der Waals surface area contributed by atoms with Gasteiger partial charge in [-0.2, -0.15) is 0 Å². The lowest BCUT2D eigenvalue weighted by atomic mass is 9.99. The third-order valence-corrected chi connectivity index (χ3v) is 9.07. The lowest BCUT2D eigenvalue weighted by molar-refractivity contribution is -0.177. The predicted molar refractivity (Wildman–Crippen MR) is 191 cm³/mol. The van der Waals surface area contributed by atoms with Crippen molar-refractivity contribution in [2.24, 2.45) is 0 Å². The molecule has 1 fully saturated rings. The Morgan fingerprint density at radius 2 is 0.905 bits per heavy atom. The molecule has 0 spiro atoms. The largest absolute Gasteiger partial charge is 0.347 e. The first-order valence-electron chi connectivity index (χ1n) is 18.2. The minimum Gasteiger partial charge on any atom is -0.347 e. The highest BCUT2D eigenvalue weighted by atomic mass is 79.9. The van der Waals surface area contributed by atoms with E-state index in [1.54, 1.807) is 0 Å². The molecule has 0 saturated carbocycles. The van der Waals surface area contributed by atoms with Crippen LogP contribution >= 0.6 is 15.9 Å². The molecule has 1 saturated heterocycles. The van der Waals surface area contributed by atoms with Crippen molar-refractivity contribution in [3.05, 3.63) is 48.6 Å². The molecule has 2 nitrogen and oxygen atoms in total. The third-order valence-electron chi connectivity index (χ3n) is 8.35. The molecule has 2 atom stereocenters. The number of rotatable bonds is 30. The Kier molecular flexibility index (Phi) is 28.5. The van der Waals surface area contributed by atoms with Crippen molar-refractivity contribution in [2.45, 2.75) is 186 Å². The average Bonchev–Trinajstić information content (AvgIpc) is 3.42. The highest BCUT2D eigenvalue weighted by Crippen LogP contribution is 2.35. The molecule has 0 aliphatic carbocycles. The number of alkyl halides is 1. The van der Waals surface area contributed by atoms with Crippen LogP contribution in [-0.2, 0) is 9.47 Å². The van der Waals surface area contributed by atoms with E-state index in [9.17, 15) is 0 Å². The van der Waals surface area contributed by atoms with Gasteiger partial charge in [0, 0.05) is 18.2 Å². The summed E-state index contributed by atoms with van der Waals surface area (Å²) in [4.78, 5) is 0. The summed E-state index contributed by atoms with van der Waals surface area (Å²) in [6.07, 6.45) is 50.6. The quantitative estimate of drug-likeness (QED) is 0.0438. The molecular formula is C39H69BrO2. The van der Waals surface area contributed by atoms with Crippen LogP contribution in [-0.4, -0.2) is 23.8 Å². The number of allylic oxidation sites excluding steroid dienone is 8. The molecule has 1 heterocycles. The van der Waals surface area contributed by atoms with Crippen molar-refractivity contribution in [2.75, 3.05) is 11.9 Å². The summed E-state index contributed by atoms with van der Waals surface area (Å²) in [6, 6.07) is 0. The number of ether oxygens (including phenoxy) is 2. The van der Waals surface area contributed by atoms with Crippen LogP contribution in [0.15, 0.2) is 48.6 Å². The number of unbranched alkanes of at least 4 members (excludes halogenated alkanes) is 17. The van der Waals surface area contributed by atoms with Crippen LogP contribution < -0.4 is 0 Å². The summed E-state index contributed by atoms with van der Waals surface area (Å²) in [7, 11) is 0. The van der Waals surface area contributed by atoms with Gasteiger partial charge in [0.25, 0.3) is 0 Å². The minimum atomic E-state index is -0.319. The fourth-order valence-corrected chi connectivity index (χ4v) is 5.99. The smallest absolute Gasteiger partial charge is 0.168 e. The van der Waals surface area contributed by atoms with Gasteiger partial charge in [-0.15, -0.1) is 0 Å². The molecule has 0 aromatic carbocycles. The first-order chi connectivity index (χ1) is 20.8. The molecule has 1 aliphatic heterocycles. The van der Waals surface area contributed by atoms with Crippen LogP contribution in [0.25, 0.3) is 0 Å². The fourth-order valence-electron chi connectivity index (χ4n) is 5.67. The van der Waals surface area contributed by atoms with Gasteiger partial charge in [-0.25, -0.2) is 0 Å². The van der Waals surface area contributed by atoms with Crippen LogP contribution in [0.4, 0.5) is 0 Å². The highest BCUT2D eigenvalue weighted by molar-refractivity contribution is 9.09. The van der Waals surface area contributed by atoms with Gasteiger partial charge in [0.1, 0.15) is 0 Å². The van der Waals surface area contributed by atoms with Crippen LogP contribution in [0.3, 0.4) is 0 Å². The fraction of sp³-hybridized carbons (Fsp3) is 0.795. The van der Waals surface area contributed by atoms with Crippen molar-refractivity contribution in [3.8, 4) is 0 Å². The normalized spacial score (nSPS) is 19.5. The van der Waals surface area contributed by atoms with E-state index in [1.807, 2.05) is 0 Å². The zero-order chi connectivity index (χ0) is 30.2. The summed E-state index contributed by atoms with van der Waals surface area (Å²) < 4.78 is 12.8. The molecule has 0 bridgehead atoms. The maximum absolute atomic E-state index is 6.45. The van der Waals surface area contributed by atoms with Crippen molar-refractivity contribution in [1.29, 1.82) is 0 Å². The molecule has 3 heteroatoms. The van der Waals surface area contributed by atoms with Gasteiger partial charge >= 0.3 is 0 Å². The van der Waals surface area contributed by atoms with Gasteiger partial charge in [-0.1, -0.05) is 149 Å². The second-order valence-corrected chi connectivity index (χ2v) is 13.1. The van der Waals surface area contributed by atoms with Crippen molar-refractivity contribution in [3.63, 3.8) is 0 Å². The minimum absolute atomic E-state index is 0.215. The molecule has 0 aromatic rings. The number of hydrogen-bond acceptors (Lipinski definition) is 2. The Hall–Kier alpha value is -0.640. The molecule has 2 unspecified atom stereocenters. The molecule has 0 radical (unpaired) electrons. The number of halogens is 1. The molecule has 0 amide bonds. The molecule has 0 aromatic heterocycles. The topological polar surface area (TPSA) is 18.5 Å². The Morgan fingerprint density at radius 3 is 1.29 bits per heavy atom. The molecule has 0 N–H and O–H groups in total. The monoisotopic (exact) mass is 648 g/mol. The first-order valence-corrected chi connectivity index (χ1v) is 19.4. The van der Waals surface area contributed by atoms with E-state index in [2.05, 4.69) is 78.4 Å². The van der Waals surface area contributed by atoms with Crippen molar-refractivity contribution in [1.82, 2.24) is 0 Å². The summed E-state index contributed by atoms with van der Waals surface area (Å²) in [5.74, 6) is -0.319. The van der Waals surface area contributed by atoms with E-state index in [0.29, 0.717) is 0 Å². The van der Waals surface area contributed by atoms with E-state index in [0.717, 1.165) is 37.6 Å². The Labute approximate surface area is 271 Å². The Morgan fingerprint density at radius 1 is 0.524 bits per heavy atom. The van der Waals surface area contributed by atoms with Gasteiger partial charge in [-0.05, 0) is 77.0 Å². The molecule has 42 heavy (non-hydrogen) atoms. The van der Waals surface area contributed by atoms with Crippen LogP contribution in [0, 0.1) is 0 Å². The predicted octanol–water partition coefficient (Wildman–Crippen LogP) is 13.5.